The highest BCUT2D eigenvalue weighted by atomic mass is 19.1. The normalized spacial score (nSPS) is 19.1. The van der Waals surface area contributed by atoms with E-state index >= 15 is 0 Å². The molecule has 0 bridgehead atoms. The zero-order valence-corrected chi connectivity index (χ0v) is 13.2. The lowest BCUT2D eigenvalue weighted by Gasteiger charge is -2.34. The van der Waals surface area contributed by atoms with Crippen LogP contribution >= 0.6 is 0 Å². The van der Waals surface area contributed by atoms with Crippen molar-refractivity contribution in [1.82, 2.24) is 9.80 Å². The van der Waals surface area contributed by atoms with Crippen LogP contribution in [0.25, 0.3) is 0 Å². The van der Waals surface area contributed by atoms with Gasteiger partial charge in [-0.25, -0.2) is 4.39 Å². The van der Waals surface area contributed by atoms with Crippen LogP contribution < -0.4 is 0 Å². The number of carbonyl (C=O) groups is 1. The lowest BCUT2D eigenvalue weighted by molar-refractivity contribution is -0.137. The molecule has 1 aromatic carbocycles. The number of amides is 1. The van der Waals surface area contributed by atoms with Crippen LogP contribution in [0.4, 0.5) is 4.39 Å². The molecule has 2 rings (SSSR count). The van der Waals surface area contributed by atoms with Gasteiger partial charge in [0.25, 0.3) is 0 Å². The molecular formula is C17H25FN2O2. The average molecular weight is 308 g/mol. The van der Waals surface area contributed by atoms with Gasteiger partial charge in [-0.2, -0.15) is 0 Å². The molecule has 1 atom stereocenters. The van der Waals surface area contributed by atoms with Crippen LogP contribution in [0.2, 0.25) is 0 Å². The Bertz CT molecular complexity index is 495. The van der Waals surface area contributed by atoms with Crippen LogP contribution in [0.3, 0.4) is 0 Å². The van der Waals surface area contributed by atoms with Crippen molar-refractivity contribution in [2.24, 2.45) is 5.92 Å². The number of rotatable bonds is 6. The molecule has 1 saturated heterocycles. The lowest BCUT2D eigenvalue weighted by atomic mass is 9.96. The molecule has 0 spiro atoms. The molecule has 1 fully saturated rings. The summed E-state index contributed by atoms with van der Waals surface area (Å²) in [7, 11) is 0. The monoisotopic (exact) mass is 308 g/mol. The van der Waals surface area contributed by atoms with E-state index in [1.54, 1.807) is 17.0 Å². The Labute approximate surface area is 131 Å². The molecule has 0 aromatic heterocycles. The van der Waals surface area contributed by atoms with Crippen molar-refractivity contribution >= 4 is 5.91 Å². The van der Waals surface area contributed by atoms with E-state index in [0.717, 1.165) is 24.9 Å². The molecule has 0 saturated carbocycles. The summed E-state index contributed by atoms with van der Waals surface area (Å²) in [4.78, 5) is 16.4. The Kier molecular flexibility index (Phi) is 6.34. The molecule has 5 heteroatoms. The molecule has 1 aromatic rings. The Morgan fingerprint density at radius 2 is 2.32 bits per heavy atom. The van der Waals surface area contributed by atoms with Crippen molar-refractivity contribution in [2.45, 2.75) is 26.3 Å². The molecule has 4 nitrogen and oxygen atoms in total. The van der Waals surface area contributed by atoms with Gasteiger partial charge in [0.1, 0.15) is 5.82 Å². The van der Waals surface area contributed by atoms with Crippen LogP contribution in [0.1, 0.15) is 25.3 Å². The smallest absolute Gasteiger partial charge is 0.227 e. The van der Waals surface area contributed by atoms with Gasteiger partial charge in [-0.3, -0.25) is 9.69 Å². The van der Waals surface area contributed by atoms with E-state index in [1.165, 1.54) is 6.07 Å². The molecule has 22 heavy (non-hydrogen) atoms. The first-order valence-corrected chi connectivity index (χ1v) is 8.00. The fraction of sp³-hybridized carbons (Fsp3) is 0.588. The van der Waals surface area contributed by atoms with Gasteiger partial charge in [-0.1, -0.05) is 12.1 Å². The Hall–Kier alpha value is -1.46. The fourth-order valence-electron chi connectivity index (χ4n) is 3.10. The third kappa shape index (κ3) is 4.52. The first-order valence-electron chi connectivity index (χ1n) is 8.00. The SMILES string of the molecule is CCN(CCO)C(=O)C1CCCN(Cc2cccc(F)c2)C1. The maximum Gasteiger partial charge on any atom is 0.227 e. The standard InChI is InChI=1S/C17H25FN2O2/c1-2-20(9-10-21)17(22)15-6-4-8-19(13-15)12-14-5-3-7-16(18)11-14/h3,5,7,11,15,21H,2,4,6,8-10,12-13H2,1H3. The van der Waals surface area contributed by atoms with E-state index < -0.39 is 0 Å². The minimum Gasteiger partial charge on any atom is -0.395 e. The van der Waals surface area contributed by atoms with Gasteiger partial charge in [0.2, 0.25) is 5.91 Å². The van der Waals surface area contributed by atoms with E-state index in [1.807, 2.05) is 13.0 Å². The molecule has 1 amide bonds. The summed E-state index contributed by atoms with van der Waals surface area (Å²) in [6, 6.07) is 6.63. The first kappa shape index (κ1) is 16.9. The summed E-state index contributed by atoms with van der Waals surface area (Å²) in [6.45, 7) is 5.27. The summed E-state index contributed by atoms with van der Waals surface area (Å²) in [5.74, 6) is -0.114. The topological polar surface area (TPSA) is 43.8 Å². The summed E-state index contributed by atoms with van der Waals surface area (Å²) in [5, 5.41) is 9.05. The number of likely N-dealkylation sites (tertiary alicyclic amines) is 1. The van der Waals surface area contributed by atoms with Crippen LogP contribution in [0.15, 0.2) is 24.3 Å². The molecule has 1 heterocycles. The number of piperidine rings is 1. The van der Waals surface area contributed by atoms with Crippen molar-refractivity contribution in [3.05, 3.63) is 35.6 Å². The number of halogens is 1. The second-order valence-corrected chi connectivity index (χ2v) is 5.85. The highest BCUT2D eigenvalue weighted by Gasteiger charge is 2.28. The molecule has 122 valence electrons. The van der Waals surface area contributed by atoms with E-state index in [2.05, 4.69) is 4.90 Å². The van der Waals surface area contributed by atoms with Gasteiger partial charge in [-0.05, 0) is 44.0 Å². The van der Waals surface area contributed by atoms with Gasteiger partial charge in [0.05, 0.1) is 12.5 Å². The minimum absolute atomic E-state index is 0.000688. The number of hydrogen-bond donors (Lipinski definition) is 1. The molecule has 0 aliphatic carbocycles. The third-order valence-electron chi connectivity index (χ3n) is 4.21. The van der Waals surface area contributed by atoms with Crippen LogP contribution in [-0.2, 0) is 11.3 Å². The summed E-state index contributed by atoms with van der Waals surface area (Å²) in [5.41, 5.74) is 0.941. The second-order valence-electron chi connectivity index (χ2n) is 5.85. The lowest BCUT2D eigenvalue weighted by Crippen LogP contribution is -2.45. The maximum atomic E-state index is 13.3. The predicted molar refractivity (Wildman–Crippen MR) is 83.7 cm³/mol. The molecule has 1 aliphatic heterocycles. The summed E-state index contributed by atoms with van der Waals surface area (Å²) >= 11 is 0. The Morgan fingerprint density at radius 1 is 1.50 bits per heavy atom. The zero-order chi connectivity index (χ0) is 15.9. The number of benzene rings is 1. The highest BCUT2D eigenvalue weighted by molar-refractivity contribution is 5.79. The maximum absolute atomic E-state index is 13.3. The molecular weight excluding hydrogens is 283 g/mol. The van der Waals surface area contributed by atoms with E-state index in [0.29, 0.717) is 26.2 Å². The number of nitrogens with zero attached hydrogens (tertiary/aromatic N) is 2. The van der Waals surface area contributed by atoms with Gasteiger partial charge in [-0.15, -0.1) is 0 Å². The fourth-order valence-corrected chi connectivity index (χ4v) is 3.10. The highest BCUT2D eigenvalue weighted by Crippen LogP contribution is 2.21. The third-order valence-corrected chi connectivity index (χ3v) is 4.21. The molecule has 1 N–H and O–H groups in total. The van der Waals surface area contributed by atoms with Crippen LogP contribution in [0.5, 0.6) is 0 Å². The number of aliphatic hydroxyl groups excluding tert-OH is 1. The van der Waals surface area contributed by atoms with E-state index in [9.17, 15) is 9.18 Å². The molecule has 1 aliphatic rings. The van der Waals surface area contributed by atoms with E-state index in [4.69, 9.17) is 5.11 Å². The average Bonchev–Trinajstić information content (AvgIpc) is 2.52. The number of likely N-dealkylation sites (N-methyl/N-ethyl adjacent to an activating group) is 1. The van der Waals surface area contributed by atoms with Gasteiger partial charge >= 0.3 is 0 Å². The quantitative estimate of drug-likeness (QED) is 0.872. The summed E-state index contributed by atoms with van der Waals surface area (Å²) in [6.07, 6.45) is 1.86. The zero-order valence-electron chi connectivity index (χ0n) is 13.2. The van der Waals surface area contributed by atoms with Gasteiger partial charge < -0.3 is 10.0 Å². The number of aliphatic hydroxyl groups is 1. The van der Waals surface area contributed by atoms with Crippen molar-refractivity contribution in [1.29, 1.82) is 0 Å². The first-order chi connectivity index (χ1) is 10.6. The molecule has 0 radical (unpaired) electrons. The van der Waals surface area contributed by atoms with Crippen LogP contribution in [0, 0.1) is 11.7 Å². The van der Waals surface area contributed by atoms with Crippen molar-refractivity contribution in [2.75, 3.05) is 32.8 Å². The van der Waals surface area contributed by atoms with Crippen LogP contribution in [-0.4, -0.2) is 53.6 Å². The van der Waals surface area contributed by atoms with Crippen molar-refractivity contribution in [3.63, 3.8) is 0 Å². The van der Waals surface area contributed by atoms with Crippen molar-refractivity contribution < 1.29 is 14.3 Å². The summed E-state index contributed by atoms with van der Waals surface area (Å²) < 4.78 is 13.3. The molecule has 1 unspecified atom stereocenters. The Morgan fingerprint density at radius 3 is 3.00 bits per heavy atom. The number of carbonyl (C=O) groups excluding carboxylic acids is 1. The Balaban J connectivity index is 1.95. The van der Waals surface area contributed by atoms with Gasteiger partial charge in [0.15, 0.2) is 0 Å². The largest absolute Gasteiger partial charge is 0.395 e. The second kappa shape index (κ2) is 8.25. The number of hydrogen-bond acceptors (Lipinski definition) is 3. The van der Waals surface area contributed by atoms with E-state index in [-0.39, 0.29) is 24.2 Å². The predicted octanol–water partition coefficient (Wildman–Crippen LogP) is 1.88. The van der Waals surface area contributed by atoms with Crippen molar-refractivity contribution in [3.8, 4) is 0 Å². The van der Waals surface area contributed by atoms with Gasteiger partial charge in [0, 0.05) is 26.2 Å². The minimum atomic E-state index is -0.220.